The van der Waals surface area contributed by atoms with Crippen molar-refractivity contribution in [2.45, 2.75) is 25.4 Å². The summed E-state index contributed by atoms with van der Waals surface area (Å²) < 4.78 is 0. The van der Waals surface area contributed by atoms with E-state index in [0.717, 1.165) is 38.0 Å². The van der Waals surface area contributed by atoms with Crippen LogP contribution < -0.4 is 11.1 Å². The Labute approximate surface area is 144 Å². The molecule has 3 heterocycles. The van der Waals surface area contributed by atoms with E-state index in [4.69, 9.17) is 5.73 Å². The van der Waals surface area contributed by atoms with E-state index in [1.807, 2.05) is 23.0 Å². The van der Waals surface area contributed by atoms with Gasteiger partial charge in [0.05, 0.1) is 0 Å². The van der Waals surface area contributed by atoms with Crippen molar-refractivity contribution < 1.29 is 4.79 Å². The molecule has 120 valence electrons. The van der Waals surface area contributed by atoms with Crippen LogP contribution >= 0.6 is 35.1 Å². The van der Waals surface area contributed by atoms with Crippen molar-refractivity contribution in [1.82, 2.24) is 15.2 Å². The molecular weight excluding hydrogens is 340 g/mol. The van der Waals surface area contributed by atoms with Gasteiger partial charge in [0.1, 0.15) is 0 Å². The number of nitrogens with zero attached hydrogens (tertiary/aromatic N) is 2. The normalized spacial score (nSPS) is 16.2. The van der Waals surface area contributed by atoms with Crippen LogP contribution in [0.1, 0.15) is 28.1 Å². The van der Waals surface area contributed by atoms with Gasteiger partial charge in [-0.05, 0) is 24.3 Å². The van der Waals surface area contributed by atoms with E-state index in [2.05, 4.69) is 15.2 Å². The molecule has 1 fully saturated rings. The average Bonchev–Trinajstić information content (AvgIpc) is 3.13. The smallest absolute Gasteiger partial charge is 0.252 e. The van der Waals surface area contributed by atoms with Crippen molar-refractivity contribution in [2.24, 2.45) is 0 Å². The third kappa shape index (κ3) is 4.42. The first-order chi connectivity index (χ1) is 10.2. The number of thiophene rings is 1. The third-order valence-corrected chi connectivity index (χ3v) is 5.15. The molecule has 0 unspecified atom stereocenters. The molecule has 2 aromatic heterocycles. The molecule has 8 heteroatoms. The molecule has 0 atom stereocenters. The van der Waals surface area contributed by atoms with Gasteiger partial charge in [0.15, 0.2) is 5.13 Å². The van der Waals surface area contributed by atoms with Crippen molar-refractivity contribution in [2.75, 3.05) is 18.8 Å². The van der Waals surface area contributed by atoms with Crippen molar-refractivity contribution in [3.63, 3.8) is 0 Å². The summed E-state index contributed by atoms with van der Waals surface area (Å²) in [5, 5.41) is 7.57. The first kappa shape index (κ1) is 17.2. The van der Waals surface area contributed by atoms with Gasteiger partial charge in [0.2, 0.25) is 0 Å². The molecule has 3 N–H and O–H groups in total. The Kier molecular flexibility index (Phi) is 6.19. The van der Waals surface area contributed by atoms with E-state index in [-0.39, 0.29) is 24.4 Å². The lowest BCUT2D eigenvalue weighted by atomic mass is 10.0. The molecule has 0 radical (unpaired) electrons. The van der Waals surface area contributed by atoms with E-state index < -0.39 is 0 Å². The Balaban J connectivity index is 0.00000176. The quantitative estimate of drug-likeness (QED) is 0.881. The molecule has 0 bridgehead atoms. The number of nitrogens with two attached hydrogens (primary N) is 1. The van der Waals surface area contributed by atoms with Crippen LogP contribution in [0.2, 0.25) is 0 Å². The summed E-state index contributed by atoms with van der Waals surface area (Å²) in [6.45, 7) is 2.89. The predicted molar refractivity (Wildman–Crippen MR) is 93.9 cm³/mol. The zero-order valence-electron chi connectivity index (χ0n) is 12.0. The number of halogens is 1. The molecule has 1 amide bonds. The van der Waals surface area contributed by atoms with E-state index in [1.165, 1.54) is 4.88 Å². The van der Waals surface area contributed by atoms with Crippen molar-refractivity contribution in [3.8, 4) is 0 Å². The number of anilines is 1. The minimum absolute atomic E-state index is 0. The van der Waals surface area contributed by atoms with Crippen LogP contribution in [0.15, 0.2) is 23.0 Å². The van der Waals surface area contributed by atoms with Gasteiger partial charge in [0.25, 0.3) is 5.91 Å². The van der Waals surface area contributed by atoms with Gasteiger partial charge >= 0.3 is 0 Å². The number of piperidine rings is 1. The highest BCUT2D eigenvalue weighted by Gasteiger charge is 2.21. The van der Waals surface area contributed by atoms with Crippen LogP contribution in [-0.2, 0) is 6.54 Å². The zero-order valence-corrected chi connectivity index (χ0v) is 14.5. The Bertz CT molecular complexity index is 594. The molecule has 1 aliphatic rings. The zero-order chi connectivity index (χ0) is 14.7. The summed E-state index contributed by atoms with van der Waals surface area (Å²) in [6.07, 6.45) is 3.83. The highest BCUT2D eigenvalue weighted by Crippen LogP contribution is 2.19. The Morgan fingerprint density at radius 3 is 2.82 bits per heavy atom. The molecule has 0 spiro atoms. The maximum Gasteiger partial charge on any atom is 0.252 e. The van der Waals surface area contributed by atoms with Crippen molar-refractivity contribution in [3.05, 3.63) is 33.5 Å². The van der Waals surface area contributed by atoms with Gasteiger partial charge < -0.3 is 11.1 Å². The predicted octanol–water partition coefficient (Wildman–Crippen LogP) is 2.60. The number of thiazole rings is 1. The summed E-state index contributed by atoms with van der Waals surface area (Å²) in [7, 11) is 0. The molecule has 0 saturated carbocycles. The number of carbonyl (C=O) groups excluding carboxylic acids is 1. The summed E-state index contributed by atoms with van der Waals surface area (Å²) in [6, 6.07) is 2.14. The summed E-state index contributed by atoms with van der Waals surface area (Å²) in [5.41, 5.74) is 6.42. The molecule has 2 aromatic rings. The molecule has 0 aromatic carbocycles. The van der Waals surface area contributed by atoms with E-state index >= 15 is 0 Å². The van der Waals surface area contributed by atoms with Crippen LogP contribution in [0.4, 0.5) is 5.13 Å². The maximum absolute atomic E-state index is 12.0. The minimum atomic E-state index is 0. The fourth-order valence-corrected chi connectivity index (χ4v) is 3.88. The summed E-state index contributed by atoms with van der Waals surface area (Å²) in [5.74, 6) is 0.0462. The number of amides is 1. The number of carbonyl (C=O) groups is 1. The number of aromatic nitrogens is 1. The third-order valence-electron chi connectivity index (χ3n) is 3.66. The van der Waals surface area contributed by atoms with Crippen LogP contribution in [0.5, 0.6) is 0 Å². The maximum atomic E-state index is 12.0. The van der Waals surface area contributed by atoms with E-state index in [0.29, 0.717) is 5.13 Å². The minimum Gasteiger partial charge on any atom is -0.375 e. The van der Waals surface area contributed by atoms with Crippen LogP contribution in [0.3, 0.4) is 0 Å². The number of nitrogens with one attached hydrogen (secondary N) is 1. The van der Waals surface area contributed by atoms with Crippen LogP contribution in [-0.4, -0.2) is 34.9 Å². The molecule has 1 saturated heterocycles. The SMILES string of the molecule is Cl.Nc1ncc(CN2CCC(NC(=O)c3ccsc3)CC2)s1. The average molecular weight is 359 g/mol. The van der Waals surface area contributed by atoms with Gasteiger partial charge in [-0.3, -0.25) is 9.69 Å². The van der Waals surface area contributed by atoms with E-state index in [9.17, 15) is 4.79 Å². The highest BCUT2D eigenvalue weighted by atomic mass is 35.5. The number of hydrogen-bond donors (Lipinski definition) is 2. The largest absolute Gasteiger partial charge is 0.375 e. The lowest BCUT2D eigenvalue weighted by molar-refractivity contribution is 0.0909. The Hall–Kier alpha value is -1.15. The topological polar surface area (TPSA) is 71.2 Å². The van der Waals surface area contributed by atoms with Crippen molar-refractivity contribution in [1.29, 1.82) is 0 Å². The molecule has 0 aliphatic carbocycles. The Morgan fingerprint density at radius 1 is 1.45 bits per heavy atom. The lowest BCUT2D eigenvalue weighted by Gasteiger charge is -2.31. The number of nitrogen functional groups attached to an aromatic ring is 1. The second-order valence-electron chi connectivity index (χ2n) is 5.20. The van der Waals surface area contributed by atoms with Crippen LogP contribution in [0.25, 0.3) is 0 Å². The number of rotatable bonds is 4. The van der Waals surface area contributed by atoms with Crippen molar-refractivity contribution >= 4 is 46.1 Å². The van der Waals surface area contributed by atoms with Gasteiger partial charge in [0, 0.05) is 47.7 Å². The standard InChI is InChI=1S/C14H18N4OS2.ClH/c15-14-16-7-12(21-14)8-18-4-1-11(2-5-18)17-13(19)10-3-6-20-9-10;/h3,6-7,9,11H,1-2,4-5,8H2,(H2,15,16)(H,17,19);1H. The second-order valence-corrected chi connectivity index (χ2v) is 7.13. The van der Waals surface area contributed by atoms with Gasteiger partial charge in [-0.25, -0.2) is 4.98 Å². The van der Waals surface area contributed by atoms with Gasteiger partial charge in [-0.1, -0.05) is 0 Å². The highest BCUT2D eigenvalue weighted by molar-refractivity contribution is 7.15. The molecular formula is C14H19ClN4OS2. The molecule has 1 aliphatic heterocycles. The van der Waals surface area contributed by atoms with Gasteiger partial charge in [-0.15, -0.1) is 23.7 Å². The molecule has 5 nitrogen and oxygen atoms in total. The first-order valence-corrected chi connectivity index (χ1v) is 8.72. The monoisotopic (exact) mass is 358 g/mol. The fraction of sp³-hybridized carbons (Fsp3) is 0.429. The first-order valence-electron chi connectivity index (χ1n) is 6.96. The fourth-order valence-electron chi connectivity index (χ4n) is 2.51. The van der Waals surface area contributed by atoms with Gasteiger partial charge in [-0.2, -0.15) is 11.3 Å². The Morgan fingerprint density at radius 2 is 2.23 bits per heavy atom. The number of hydrogen-bond acceptors (Lipinski definition) is 6. The second kappa shape index (κ2) is 7.92. The lowest BCUT2D eigenvalue weighted by Crippen LogP contribution is -2.44. The summed E-state index contributed by atoms with van der Waals surface area (Å²) >= 11 is 3.10. The van der Waals surface area contributed by atoms with E-state index in [1.54, 1.807) is 22.7 Å². The summed E-state index contributed by atoms with van der Waals surface area (Å²) in [4.78, 5) is 19.7. The van der Waals surface area contributed by atoms with Crippen LogP contribution in [0, 0.1) is 0 Å². The number of likely N-dealkylation sites (tertiary alicyclic amines) is 1. The molecule has 3 rings (SSSR count). The molecule has 22 heavy (non-hydrogen) atoms.